The zero-order valence-corrected chi connectivity index (χ0v) is 17.3. The second kappa shape index (κ2) is 10.7. The Balaban J connectivity index is 0.00000280. The lowest BCUT2D eigenvalue weighted by molar-refractivity contribution is -0.137. The van der Waals surface area contributed by atoms with Crippen LogP contribution in [0, 0.1) is 6.92 Å². The van der Waals surface area contributed by atoms with E-state index in [0.29, 0.717) is 26.3 Å². The van der Waals surface area contributed by atoms with Crippen LogP contribution in [0.3, 0.4) is 0 Å². The Hall–Kier alpha value is -1.79. The highest BCUT2D eigenvalue weighted by Crippen LogP contribution is 2.26. The molecule has 3 rings (SSSR count). The summed E-state index contributed by atoms with van der Waals surface area (Å²) in [7, 11) is 0. The Kier molecular flexibility index (Phi) is 8.58. The van der Waals surface area contributed by atoms with Crippen LogP contribution in [0.5, 0.6) is 5.75 Å². The van der Waals surface area contributed by atoms with Gasteiger partial charge in [0.05, 0.1) is 24.2 Å². The standard InChI is InChI=1S/C21H24ClNO4.ClH/c1-15-3-2-4-17(21(15)22)14-27-18-7-5-16(6-8-18)19-13-23(11-12-26-19)10-9-20(24)25;/h2-8,19H,9-14H2,1H3,(H,24,25);1H. The normalized spacial score (nSPS) is 17.0. The first kappa shape index (κ1) is 22.5. The number of nitrogens with zero attached hydrogens (tertiary/aromatic N) is 1. The van der Waals surface area contributed by atoms with E-state index in [-0.39, 0.29) is 24.9 Å². The predicted molar refractivity (Wildman–Crippen MR) is 112 cm³/mol. The first-order valence-corrected chi connectivity index (χ1v) is 9.43. The quantitative estimate of drug-likeness (QED) is 0.707. The van der Waals surface area contributed by atoms with Gasteiger partial charge in [-0.1, -0.05) is 41.9 Å². The van der Waals surface area contributed by atoms with Crippen molar-refractivity contribution in [3.63, 3.8) is 0 Å². The molecule has 2 aromatic carbocycles. The highest BCUT2D eigenvalue weighted by atomic mass is 35.5. The van der Waals surface area contributed by atoms with Crippen LogP contribution in [0.25, 0.3) is 0 Å². The van der Waals surface area contributed by atoms with Crippen molar-refractivity contribution < 1.29 is 19.4 Å². The number of ether oxygens (including phenoxy) is 2. The van der Waals surface area contributed by atoms with E-state index in [1.807, 2.05) is 49.4 Å². The highest BCUT2D eigenvalue weighted by molar-refractivity contribution is 6.32. The van der Waals surface area contributed by atoms with E-state index in [4.69, 9.17) is 26.2 Å². The van der Waals surface area contributed by atoms with Crippen LogP contribution < -0.4 is 4.74 Å². The van der Waals surface area contributed by atoms with Gasteiger partial charge in [0.1, 0.15) is 12.4 Å². The lowest BCUT2D eigenvalue weighted by Crippen LogP contribution is -2.39. The molecule has 1 heterocycles. The first-order valence-electron chi connectivity index (χ1n) is 9.05. The molecule has 0 radical (unpaired) electrons. The molecule has 7 heteroatoms. The van der Waals surface area contributed by atoms with E-state index in [9.17, 15) is 4.79 Å². The van der Waals surface area contributed by atoms with Gasteiger partial charge < -0.3 is 14.6 Å². The van der Waals surface area contributed by atoms with Crippen molar-refractivity contribution in [2.45, 2.75) is 26.1 Å². The molecule has 1 fully saturated rings. The molecule has 5 nitrogen and oxygen atoms in total. The molecule has 1 atom stereocenters. The number of carboxylic acids is 1. The van der Waals surface area contributed by atoms with Crippen LogP contribution in [0.4, 0.5) is 0 Å². The molecule has 2 aromatic rings. The lowest BCUT2D eigenvalue weighted by Gasteiger charge is -2.32. The maximum absolute atomic E-state index is 10.8. The third kappa shape index (κ3) is 6.11. The summed E-state index contributed by atoms with van der Waals surface area (Å²) in [4.78, 5) is 12.9. The lowest BCUT2D eigenvalue weighted by atomic mass is 10.1. The van der Waals surface area contributed by atoms with E-state index in [2.05, 4.69) is 4.90 Å². The molecule has 0 aromatic heterocycles. The van der Waals surface area contributed by atoms with Crippen molar-refractivity contribution >= 4 is 30.0 Å². The third-order valence-corrected chi connectivity index (χ3v) is 5.25. The summed E-state index contributed by atoms with van der Waals surface area (Å²) in [5.74, 6) is 0.00289. The fourth-order valence-electron chi connectivity index (χ4n) is 3.12. The van der Waals surface area contributed by atoms with Crippen LogP contribution in [0.15, 0.2) is 42.5 Å². The third-order valence-electron chi connectivity index (χ3n) is 4.71. The van der Waals surface area contributed by atoms with Crippen LogP contribution in [0.1, 0.15) is 29.2 Å². The average Bonchev–Trinajstić information content (AvgIpc) is 2.68. The zero-order chi connectivity index (χ0) is 19.2. The molecule has 28 heavy (non-hydrogen) atoms. The van der Waals surface area contributed by atoms with Crippen LogP contribution in [-0.4, -0.2) is 42.2 Å². The topological polar surface area (TPSA) is 59.0 Å². The summed E-state index contributed by atoms with van der Waals surface area (Å²) >= 11 is 6.31. The summed E-state index contributed by atoms with van der Waals surface area (Å²) in [5, 5.41) is 9.58. The van der Waals surface area contributed by atoms with Gasteiger partial charge in [0.2, 0.25) is 0 Å². The molecular weight excluding hydrogens is 401 g/mol. The van der Waals surface area contributed by atoms with Crippen LogP contribution >= 0.6 is 24.0 Å². The van der Waals surface area contributed by atoms with Gasteiger partial charge in [-0.2, -0.15) is 0 Å². The van der Waals surface area contributed by atoms with Gasteiger partial charge in [-0.25, -0.2) is 0 Å². The molecule has 1 aliphatic heterocycles. The summed E-state index contributed by atoms with van der Waals surface area (Å²) in [6, 6.07) is 13.8. The number of carboxylic acid groups (broad SMARTS) is 1. The minimum atomic E-state index is -0.770. The summed E-state index contributed by atoms with van der Waals surface area (Å²) in [6.45, 7) is 5.02. The molecule has 0 amide bonds. The smallest absolute Gasteiger partial charge is 0.304 e. The number of aliphatic carboxylic acids is 1. The monoisotopic (exact) mass is 425 g/mol. The second-order valence-electron chi connectivity index (χ2n) is 6.71. The van der Waals surface area contributed by atoms with Crippen molar-refractivity contribution in [3.8, 4) is 5.75 Å². The van der Waals surface area contributed by atoms with Gasteiger partial charge in [-0.15, -0.1) is 12.4 Å². The SMILES string of the molecule is Cc1cccc(COc2ccc(C3CN(CCC(=O)O)CCO3)cc2)c1Cl.Cl. The first-order chi connectivity index (χ1) is 13.0. The Morgan fingerprint density at radius 1 is 1.29 bits per heavy atom. The number of hydrogen-bond acceptors (Lipinski definition) is 4. The van der Waals surface area contributed by atoms with E-state index in [0.717, 1.165) is 34.0 Å². The van der Waals surface area contributed by atoms with E-state index < -0.39 is 5.97 Å². The van der Waals surface area contributed by atoms with Crippen molar-refractivity contribution in [2.24, 2.45) is 0 Å². The number of benzene rings is 2. The number of halogens is 2. The Morgan fingerprint density at radius 3 is 2.75 bits per heavy atom. The molecule has 1 aliphatic rings. The van der Waals surface area contributed by atoms with Gasteiger partial charge in [0.15, 0.2) is 0 Å². The highest BCUT2D eigenvalue weighted by Gasteiger charge is 2.22. The molecule has 152 valence electrons. The van der Waals surface area contributed by atoms with Crippen molar-refractivity contribution in [2.75, 3.05) is 26.2 Å². The number of hydrogen-bond donors (Lipinski definition) is 1. The molecule has 0 aliphatic carbocycles. The van der Waals surface area contributed by atoms with E-state index in [1.165, 1.54) is 0 Å². The minimum absolute atomic E-state index is 0. The molecule has 1 N–H and O–H groups in total. The van der Waals surface area contributed by atoms with Crippen molar-refractivity contribution in [3.05, 3.63) is 64.2 Å². The molecule has 1 saturated heterocycles. The number of aryl methyl sites for hydroxylation is 1. The second-order valence-corrected chi connectivity index (χ2v) is 7.09. The van der Waals surface area contributed by atoms with Crippen molar-refractivity contribution in [1.82, 2.24) is 4.90 Å². The Labute approximate surface area is 176 Å². The summed E-state index contributed by atoms with van der Waals surface area (Å²) < 4.78 is 11.7. The summed E-state index contributed by atoms with van der Waals surface area (Å²) in [6.07, 6.45) is 0.105. The molecular formula is C21H25Cl2NO4. The van der Waals surface area contributed by atoms with Crippen LogP contribution in [-0.2, 0) is 16.1 Å². The zero-order valence-electron chi connectivity index (χ0n) is 15.8. The Bertz CT molecular complexity index is 782. The molecule has 0 bridgehead atoms. The predicted octanol–water partition coefficient (Wildman–Crippen LogP) is 4.50. The number of carbonyl (C=O) groups is 1. The fourth-order valence-corrected chi connectivity index (χ4v) is 3.30. The van der Waals surface area contributed by atoms with Gasteiger partial charge in [-0.05, 0) is 30.2 Å². The van der Waals surface area contributed by atoms with Gasteiger partial charge in [0, 0.05) is 25.2 Å². The van der Waals surface area contributed by atoms with Gasteiger partial charge in [0.25, 0.3) is 0 Å². The summed E-state index contributed by atoms with van der Waals surface area (Å²) in [5.41, 5.74) is 3.07. The van der Waals surface area contributed by atoms with Gasteiger partial charge in [-0.3, -0.25) is 9.69 Å². The maximum Gasteiger partial charge on any atom is 0.304 e. The average molecular weight is 426 g/mol. The molecule has 0 spiro atoms. The Morgan fingerprint density at radius 2 is 2.04 bits per heavy atom. The van der Waals surface area contributed by atoms with Gasteiger partial charge >= 0.3 is 5.97 Å². The fraction of sp³-hybridized carbons (Fsp3) is 0.381. The number of rotatable bonds is 7. The van der Waals surface area contributed by atoms with E-state index >= 15 is 0 Å². The van der Waals surface area contributed by atoms with Crippen molar-refractivity contribution in [1.29, 1.82) is 0 Å². The van der Waals surface area contributed by atoms with Crippen LogP contribution in [0.2, 0.25) is 5.02 Å². The largest absolute Gasteiger partial charge is 0.489 e. The maximum atomic E-state index is 10.8. The number of morpholine rings is 1. The molecule has 1 unspecified atom stereocenters. The minimum Gasteiger partial charge on any atom is -0.489 e. The van der Waals surface area contributed by atoms with E-state index in [1.54, 1.807) is 0 Å². The molecule has 0 saturated carbocycles.